The van der Waals surface area contributed by atoms with E-state index in [1.54, 1.807) is 0 Å². The van der Waals surface area contributed by atoms with Gasteiger partial charge in [0.15, 0.2) is 0 Å². The van der Waals surface area contributed by atoms with Crippen LogP contribution in [0.25, 0.3) is 27.8 Å². The molecule has 0 radical (unpaired) electrons. The van der Waals surface area contributed by atoms with Gasteiger partial charge in [-0.3, -0.25) is 0 Å². The predicted molar refractivity (Wildman–Crippen MR) is 165 cm³/mol. The number of hydrogen-bond donors (Lipinski definition) is 1. The van der Waals surface area contributed by atoms with Crippen molar-refractivity contribution in [3.63, 3.8) is 0 Å². The van der Waals surface area contributed by atoms with Gasteiger partial charge in [-0.25, -0.2) is 0 Å². The van der Waals surface area contributed by atoms with Gasteiger partial charge in [0.05, 0.1) is 5.41 Å². The molecule has 5 aromatic rings. The number of benzene rings is 5. The molecule has 2 aliphatic rings. The minimum absolute atomic E-state index is 0.382. The fraction of sp³-hybridized carbons (Fsp3) is 0.0526. The molecule has 0 saturated carbocycles. The molecule has 0 bridgehead atoms. The highest BCUT2D eigenvalue weighted by molar-refractivity contribution is 6.01. The van der Waals surface area contributed by atoms with E-state index in [9.17, 15) is 0 Å². The van der Waals surface area contributed by atoms with Crippen LogP contribution >= 0.6 is 0 Å². The van der Waals surface area contributed by atoms with E-state index < -0.39 is 0 Å². The van der Waals surface area contributed by atoms with Gasteiger partial charge in [-0.2, -0.15) is 0 Å². The van der Waals surface area contributed by atoms with Crippen LogP contribution in [0.1, 0.15) is 29.2 Å². The van der Waals surface area contributed by atoms with Crippen molar-refractivity contribution in [3.8, 4) is 22.3 Å². The van der Waals surface area contributed by atoms with Gasteiger partial charge in [0.25, 0.3) is 0 Å². The van der Waals surface area contributed by atoms with E-state index in [4.69, 9.17) is 0 Å². The maximum Gasteiger partial charge on any atom is 0.0726 e. The van der Waals surface area contributed by atoms with Crippen molar-refractivity contribution in [2.75, 3.05) is 5.32 Å². The maximum atomic E-state index is 4.24. The zero-order chi connectivity index (χ0) is 26.4. The Balaban J connectivity index is 1.42. The van der Waals surface area contributed by atoms with Crippen LogP contribution in [0.2, 0.25) is 0 Å². The first-order valence-corrected chi connectivity index (χ1v) is 13.5. The molecule has 186 valence electrons. The molecule has 0 amide bonds. The van der Waals surface area contributed by atoms with Crippen LogP contribution in [0.4, 0.5) is 11.4 Å². The molecule has 0 heterocycles. The van der Waals surface area contributed by atoms with Gasteiger partial charge in [0, 0.05) is 16.9 Å². The summed E-state index contributed by atoms with van der Waals surface area (Å²) in [4.78, 5) is 0. The summed E-state index contributed by atoms with van der Waals surface area (Å²) in [6, 6.07) is 43.7. The van der Waals surface area contributed by atoms with Crippen LogP contribution in [0, 0.1) is 0 Å². The summed E-state index contributed by atoms with van der Waals surface area (Å²) in [6.07, 6.45) is 6.47. The highest BCUT2D eigenvalue weighted by Gasteiger charge is 2.52. The van der Waals surface area contributed by atoms with Gasteiger partial charge < -0.3 is 5.32 Å². The SMILES string of the molecule is C=CC1=C(/C=C\C)C2(c3ccccc31)c1ccccc1-c1c(Nc3ccc(-c4ccccc4)cc3)cccc12. The average molecular weight is 500 g/mol. The minimum Gasteiger partial charge on any atom is -0.355 e. The summed E-state index contributed by atoms with van der Waals surface area (Å²) >= 11 is 0. The van der Waals surface area contributed by atoms with Crippen molar-refractivity contribution in [3.05, 3.63) is 174 Å². The quantitative estimate of drug-likeness (QED) is 0.254. The first-order chi connectivity index (χ1) is 19.3. The number of rotatable bonds is 5. The fourth-order valence-electron chi connectivity index (χ4n) is 6.68. The van der Waals surface area contributed by atoms with E-state index in [-0.39, 0.29) is 5.41 Å². The molecule has 5 aromatic carbocycles. The Morgan fingerprint density at radius 1 is 0.615 bits per heavy atom. The molecule has 1 spiro atoms. The highest BCUT2D eigenvalue weighted by Crippen LogP contribution is 2.63. The molecule has 0 aliphatic heterocycles. The van der Waals surface area contributed by atoms with E-state index in [1.165, 1.54) is 55.7 Å². The largest absolute Gasteiger partial charge is 0.355 e. The third-order valence-electron chi connectivity index (χ3n) is 8.19. The van der Waals surface area contributed by atoms with Gasteiger partial charge in [-0.15, -0.1) is 0 Å². The van der Waals surface area contributed by atoms with Crippen LogP contribution < -0.4 is 5.32 Å². The molecule has 1 nitrogen and oxygen atoms in total. The second kappa shape index (κ2) is 9.15. The van der Waals surface area contributed by atoms with Gasteiger partial charge in [0.2, 0.25) is 0 Å². The van der Waals surface area contributed by atoms with Crippen molar-refractivity contribution in [1.29, 1.82) is 0 Å². The van der Waals surface area contributed by atoms with Crippen molar-refractivity contribution < 1.29 is 0 Å². The standard InChI is InChI=1S/C38H29N/c1-3-13-32-29(4-2)30-16-8-10-18-33(30)38(32)34-19-11-9-17-31(34)37-35(38)20-12-21-36(37)39-28-24-22-27(23-25-28)26-14-6-5-7-15-26/h3-25,39H,2H2,1H3/b13-3-. The van der Waals surface area contributed by atoms with Crippen LogP contribution in [0.3, 0.4) is 0 Å². The topological polar surface area (TPSA) is 12.0 Å². The lowest BCUT2D eigenvalue weighted by Gasteiger charge is -2.31. The number of hydrogen-bond acceptors (Lipinski definition) is 1. The van der Waals surface area contributed by atoms with Crippen molar-refractivity contribution in [2.24, 2.45) is 0 Å². The normalized spacial score (nSPS) is 16.8. The fourth-order valence-corrected chi connectivity index (χ4v) is 6.68. The Morgan fingerprint density at radius 3 is 1.95 bits per heavy atom. The summed E-state index contributed by atoms with van der Waals surface area (Å²) in [7, 11) is 0. The maximum absolute atomic E-state index is 4.24. The van der Waals surface area contributed by atoms with E-state index in [2.05, 4.69) is 152 Å². The Hall–Kier alpha value is -4.88. The monoisotopic (exact) mass is 499 g/mol. The summed E-state index contributed by atoms with van der Waals surface area (Å²) < 4.78 is 0. The molecule has 1 heteroatoms. The molecular formula is C38H29N. The highest BCUT2D eigenvalue weighted by atomic mass is 14.9. The van der Waals surface area contributed by atoms with Crippen molar-refractivity contribution >= 4 is 16.9 Å². The van der Waals surface area contributed by atoms with Gasteiger partial charge in [-0.05, 0) is 75.2 Å². The van der Waals surface area contributed by atoms with Crippen molar-refractivity contribution in [1.82, 2.24) is 0 Å². The zero-order valence-electron chi connectivity index (χ0n) is 22.0. The van der Waals surface area contributed by atoms with E-state index in [0.717, 1.165) is 11.4 Å². The Kier molecular flexibility index (Phi) is 5.45. The summed E-state index contributed by atoms with van der Waals surface area (Å²) in [6.45, 7) is 6.34. The average Bonchev–Trinajstić information content (AvgIpc) is 3.45. The zero-order valence-corrected chi connectivity index (χ0v) is 22.0. The Morgan fingerprint density at radius 2 is 1.23 bits per heavy atom. The van der Waals surface area contributed by atoms with E-state index in [1.807, 2.05) is 6.08 Å². The second-order valence-corrected chi connectivity index (χ2v) is 10.2. The number of anilines is 2. The molecule has 39 heavy (non-hydrogen) atoms. The van der Waals surface area contributed by atoms with Crippen LogP contribution in [0.15, 0.2) is 152 Å². The molecule has 0 aromatic heterocycles. The molecule has 0 saturated heterocycles. The Labute approximate surface area is 230 Å². The minimum atomic E-state index is -0.382. The van der Waals surface area contributed by atoms with E-state index in [0.29, 0.717) is 0 Å². The lowest BCUT2D eigenvalue weighted by atomic mass is 9.69. The van der Waals surface area contributed by atoms with Crippen LogP contribution in [-0.4, -0.2) is 0 Å². The molecular weight excluding hydrogens is 470 g/mol. The Bertz CT molecular complexity index is 1790. The molecule has 0 fully saturated rings. The van der Waals surface area contributed by atoms with Gasteiger partial charge in [-0.1, -0.05) is 128 Å². The third-order valence-corrected chi connectivity index (χ3v) is 8.19. The first-order valence-electron chi connectivity index (χ1n) is 13.5. The van der Waals surface area contributed by atoms with Crippen molar-refractivity contribution in [2.45, 2.75) is 12.3 Å². The number of nitrogens with one attached hydrogen (secondary N) is 1. The molecule has 7 rings (SSSR count). The third kappa shape index (κ3) is 3.33. The number of allylic oxidation sites excluding steroid dienone is 5. The van der Waals surface area contributed by atoms with Crippen LogP contribution in [-0.2, 0) is 5.41 Å². The smallest absolute Gasteiger partial charge is 0.0726 e. The van der Waals surface area contributed by atoms with Gasteiger partial charge in [0.1, 0.15) is 0 Å². The van der Waals surface area contributed by atoms with Crippen LogP contribution in [0.5, 0.6) is 0 Å². The lowest BCUT2D eigenvalue weighted by Crippen LogP contribution is -2.26. The lowest BCUT2D eigenvalue weighted by molar-refractivity contribution is 0.786. The van der Waals surface area contributed by atoms with Gasteiger partial charge >= 0.3 is 0 Å². The molecule has 1 unspecified atom stereocenters. The second-order valence-electron chi connectivity index (χ2n) is 10.2. The molecule has 1 atom stereocenters. The first kappa shape index (κ1) is 23.3. The summed E-state index contributed by atoms with van der Waals surface area (Å²) in [5.41, 5.74) is 14.5. The molecule has 2 aliphatic carbocycles. The summed E-state index contributed by atoms with van der Waals surface area (Å²) in [5.74, 6) is 0. The predicted octanol–water partition coefficient (Wildman–Crippen LogP) is 9.94. The number of fused-ring (bicyclic) bond motifs is 7. The molecule has 1 N–H and O–H groups in total. The van der Waals surface area contributed by atoms with E-state index >= 15 is 0 Å². The summed E-state index contributed by atoms with van der Waals surface area (Å²) in [5, 5.41) is 3.77.